The number of aromatic amines is 1. The molecule has 0 amide bonds. The normalized spacial score (nSPS) is 14.8. The molecule has 0 atom stereocenters. The molecule has 1 fully saturated rings. The molecule has 0 aliphatic carbocycles. The largest absolute Gasteiger partial charge is 0.486 e. The minimum atomic E-state index is -3.42. The number of rotatable bonds is 6. The Kier molecular flexibility index (Phi) is 5.40. The van der Waals surface area contributed by atoms with Gasteiger partial charge in [0.2, 0.25) is 10.0 Å². The molecule has 5 rings (SSSR count). The van der Waals surface area contributed by atoms with Crippen molar-refractivity contribution in [2.75, 3.05) is 13.1 Å². The summed E-state index contributed by atoms with van der Waals surface area (Å²) in [4.78, 5) is 12.3. The molecular weight excluding hydrogens is 424 g/mol. The van der Waals surface area contributed by atoms with Crippen molar-refractivity contribution in [3.8, 4) is 16.9 Å². The van der Waals surface area contributed by atoms with Gasteiger partial charge in [-0.3, -0.25) is 4.98 Å². The summed E-state index contributed by atoms with van der Waals surface area (Å²) < 4.78 is 33.0. The monoisotopic (exact) mass is 448 g/mol. The predicted molar refractivity (Wildman–Crippen MR) is 123 cm³/mol. The molecule has 164 valence electrons. The number of nitrogens with zero attached hydrogens (tertiary/aromatic N) is 3. The number of aryl methyl sites for hydroxylation is 1. The number of hydrogen-bond donors (Lipinski definition) is 1. The second kappa shape index (κ2) is 8.37. The third-order valence-corrected chi connectivity index (χ3v) is 7.65. The summed E-state index contributed by atoms with van der Waals surface area (Å²) in [5.74, 6) is 0.706. The Labute approximate surface area is 187 Å². The van der Waals surface area contributed by atoms with E-state index in [1.165, 1.54) is 0 Å². The molecule has 4 aromatic rings. The Bertz CT molecular complexity index is 1340. The summed E-state index contributed by atoms with van der Waals surface area (Å²) >= 11 is 0. The van der Waals surface area contributed by atoms with Gasteiger partial charge >= 0.3 is 0 Å². The maximum absolute atomic E-state index is 12.8. The topological polar surface area (TPSA) is 88.2 Å². The van der Waals surface area contributed by atoms with Gasteiger partial charge in [0.1, 0.15) is 18.0 Å². The second-order valence-corrected chi connectivity index (χ2v) is 9.91. The number of sulfonamides is 1. The summed E-state index contributed by atoms with van der Waals surface area (Å²) in [6.07, 6.45) is 5.30. The lowest BCUT2D eigenvalue weighted by Crippen LogP contribution is -2.27. The Balaban J connectivity index is 1.40. The molecule has 4 heterocycles. The van der Waals surface area contributed by atoms with Crippen molar-refractivity contribution in [3.63, 3.8) is 0 Å². The SMILES string of the molecule is Cc1ccc(OCc2cc3c(-c4ccc(S(=O)(=O)N5CCCC5)cc4)ccnc3[nH]2)cn1. The van der Waals surface area contributed by atoms with Gasteiger partial charge in [0.25, 0.3) is 0 Å². The molecule has 0 saturated carbocycles. The highest BCUT2D eigenvalue weighted by atomic mass is 32.2. The lowest BCUT2D eigenvalue weighted by atomic mass is 10.0. The van der Waals surface area contributed by atoms with Crippen LogP contribution in [0.15, 0.2) is 65.8 Å². The number of H-pyrrole nitrogens is 1. The second-order valence-electron chi connectivity index (χ2n) is 7.97. The summed E-state index contributed by atoms with van der Waals surface area (Å²) in [6, 6.07) is 14.9. The molecule has 0 spiro atoms. The van der Waals surface area contributed by atoms with Crippen molar-refractivity contribution in [3.05, 3.63) is 72.3 Å². The number of nitrogens with one attached hydrogen (secondary N) is 1. The first-order chi connectivity index (χ1) is 15.5. The van der Waals surface area contributed by atoms with Gasteiger partial charge in [-0.2, -0.15) is 4.31 Å². The molecule has 7 nitrogen and oxygen atoms in total. The molecule has 1 aliphatic heterocycles. The van der Waals surface area contributed by atoms with Crippen molar-refractivity contribution in [2.24, 2.45) is 0 Å². The minimum Gasteiger partial charge on any atom is -0.486 e. The van der Waals surface area contributed by atoms with Crippen LogP contribution in [0, 0.1) is 6.92 Å². The van der Waals surface area contributed by atoms with Crippen molar-refractivity contribution in [2.45, 2.75) is 31.3 Å². The van der Waals surface area contributed by atoms with Crippen molar-refractivity contribution in [1.82, 2.24) is 19.3 Å². The average molecular weight is 449 g/mol. The van der Waals surface area contributed by atoms with Gasteiger partial charge < -0.3 is 9.72 Å². The van der Waals surface area contributed by atoms with Crippen LogP contribution in [0.1, 0.15) is 24.2 Å². The highest BCUT2D eigenvalue weighted by Crippen LogP contribution is 2.30. The van der Waals surface area contributed by atoms with E-state index in [0.717, 1.165) is 46.4 Å². The molecule has 8 heteroatoms. The van der Waals surface area contributed by atoms with E-state index in [-0.39, 0.29) is 0 Å². The average Bonchev–Trinajstić information content (AvgIpc) is 3.49. The van der Waals surface area contributed by atoms with Crippen LogP contribution in [0.25, 0.3) is 22.2 Å². The first kappa shape index (κ1) is 20.7. The molecular formula is C24H24N4O3S. The van der Waals surface area contributed by atoms with Gasteiger partial charge in [-0.05, 0) is 67.3 Å². The molecule has 1 aliphatic rings. The first-order valence-electron chi connectivity index (χ1n) is 10.6. The van der Waals surface area contributed by atoms with Gasteiger partial charge in [-0.1, -0.05) is 12.1 Å². The summed E-state index contributed by atoms with van der Waals surface area (Å²) in [5.41, 5.74) is 4.52. The number of pyridine rings is 2. The molecule has 0 bridgehead atoms. The third kappa shape index (κ3) is 3.99. The van der Waals surface area contributed by atoms with Crippen LogP contribution >= 0.6 is 0 Å². The maximum atomic E-state index is 12.8. The fourth-order valence-electron chi connectivity index (χ4n) is 4.00. The summed E-state index contributed by atoms with van der Waals surface area (Å²) in [6.45, 7) is 3.50. The Morgan fingerprint density at radius 1 is 1.03 bits per heavy atom. The Morgan fingerprint density at radius 2 is 1.81 bits per heavy atom. The summed E-state index contributed by atoms with van der Waals surface area (Å²) in [7, 11) is -3.42. The van der Waals surface area contributed by atoms with E-state index >= 15 is 0 Å². The van der Waals surface area contributed by atoms with E-state index in [9.17, 15) is 8.42 Å². The molecule has 3 aromatic heterocycles. The van der Waals surface area contributed by atoms with Crippen LogP contribution < -0.4 is 4.74 Å². The molecule has 0 radical (unpaired) electrons. The van der Waals surface area contributed by atoms with E-state index in [2.05, 4.69) is 15.0 Å². The van der Waals surface area contributed by atoms with Crippen molar-refractivity contribution < 1.29 is 13.2 Å². The van der Waals surface area contributed by atoms with Gasteiger partial charge in [0, 0.05) is 30.4 Å². The van der Waals surface area contributed by atoms with E-state index in [0.29, 0.717) is 30.3 Å². The van der Waals surface area contributed by atoms with E-state index in [1.807, 2.05) is 43.3 Å². The first-order valence-corrected chi connectivity index (χ1v) is 12.1. The molecule has 1 saturated heterocycles. The predicted octanol–water partition coefficient (Wildman–Crippen LogP) is 4.30. The van der Waals surface area contributed by atoms with Crippen molar-refractivity contribution >= 4 is 21.1 Å². The van der Waals surface area contributed by atoms with E-state index in [1.54, 1.807) is 28.8 Å². The van der Waals surface area contributed by atoms with Gasteiger partial charge in [0.05, 0.1) is 16.8 Å². The van der Waals surface area contributed by atoms with Crippen LogP contribution in [-0.4, -0.2) is 40.8 Å². The molecule has 0 unspecified atom stereocenters. The number of aromatic nitrogens is 3. The Hall–Kier alpha value is -3.23. The number of fused-ring (bicyclic) bond motifs is 1. The lowest BCUT2D eigenvalue weighted by molar-refractivity contribution is 0.301. The van der Waals surface area contributed by atoms with Gasteiger partial charge in [0.15, 0.2) is 0 Å². The van der Waals surface area contributed by atoms with E-state index in [4.69, 9.17) is 4.74 Å². The highest BCUT2D eigenvalue weighted by Gasteiger charge is 2.27. The Morgan fingerprint density at radius 3 is 2.53 bits per heavy atom. The number of benzene rings is 1. The maximum Gasteiger partial charge on any atom is 0.243 e. The number of ether oxygens (including phenoxy) is 1. The fraction of sp³-hybridized carbons (Fsp3) is 0.250. The fourth-order valence-corrected chi connectivity index (χ4v) is 5.51. The third-order valence-electron chi connectivity index (χ3n) is 5.73. The van der Waals surface area contributed by atoms with Crippen LogP contribution in [0.5, 0.6) is 5.75 Å². The minimum absolute atomic E-state index is 0.336. The molecule has 1 aromatic carbocycles. The smallest absolute Gasteiger partial charge is 0.243 e. The van der Waals surface area contributed by atoms with Crippen LogP contribution in [0.4, 0.5) is 0 Å². The number of hydrogen-bond acceptors (Lipinski definition) is 5. The zero-order chi connectivity index (χ0) is 22.1. The highest BCUT2D eigenvalue weighted by molar-refractivity contribution is 7.89. The van der Waals surface area contributed by atoms with Crippen molar-refractivity contribution in [1.29, 1.82) is 0 Å². The molecule has 1 N–H and O–H groups in total. The molecule has 32 heavy (non-hydrogen) atoms. The standard InChI is InChI=1S/C24H24N4O3S/c1-17-4-7-20(15-26-17)31-16-19-14-23-22(10-11-25-24(23)27-19)18-5-8-21(9-6-18)32(29,30)28-12-2-3-13-28/h4-11,14-15H,2-3,12-13,16H2,1H3,(H,25,27). The van der Waals surface area contributed by atoms with Crippen LogP contribution in [0.2, 0.25) is 0 Å². The zero-order valence-corrected chi connectivity index (χ0v) is 18.6. The van der Waals surface area contributed by atoms with Gasteiger partial charge in [-0.25, -0.2) is 13.4 Å². The quantitative estimate of drug-likeness (QED) is 0.475. The van der Waals surface area contributed by atoms with E-state index < -0.39 is 10.0 Å². The van der Waals surface area contributed by atoms with Crippen LogP contribution in [-0.2, 0) is 16.6 Å². The van der Waals surface area contributed by atoms with Crippen LogP contribution in [0.3, 0.4) is 0 Å². The summed E-state index contributed by atoms with van der Waals surface area (Å²) in [5, 5.41) is 0.961. The van der Waals surface area contributed by atoms with Gasteiger partial charge in [-0.15, -0.1) is 0 Å². The lowest BCUT2D eigenvalue weighted by Gasteiger charge is -2.15. The zero-order valence-electron chi connectivity index (χ0n) is 17.8.